The number of rotatable bonds is 4. The predicted octanol–water partition coefficient (Wildman–Crippen LogP) is 2.87. The summed E-state index contributed by atoms with van der Waals surface area (Å²) < 4.78 is 24.0. The van der Waals surface area contributed by atoms with Crippen LogP contribution in [0.15, 0.2) is 102 Å². The molecule has 0 aromatic heterocycles. The van der Waals surface area contributed by atoms with Crippen molar-refractivity contribution in [3.05, 3.63) is 135 Å². The Bertz CT molecular complexity index is 2030. The second kappa shape index (κ2) is 17.0. The van der Waals surface area contributed by atoms with Gasteiger partial charge in [-0.15, -0.1) is 0 Å². The van der Waals surface area contributed by atoms with Gasteiger partial charge in [-0.1, -0.05) is 76.6 Å². The number of hydrogen-bond donors (Lipinski definition) is 1. The molecule has 3 aromatic rings. The Morgan fingerprint density at radius 1 is 0.807 bits per heavy atom. The molecule has 12 heteroatoms. The zero-order chi connectivity index (χ0) is 39.4. The quantitative estimate of drug-likeness (QED) is 0.138. The van der Waals surface area contributed by atoms with E-state index < -0.39 is 0 Å². The number of benzene rings is 3. The molecule has 0 amide bonds. The Kier molecular flexibility index (Phi) is 12.6. The molecule has 10 nitrogen and oxygen atoms in total. The monoisotopic (exact) mass is 862 g/mol. The molecule has 57 heavy (non-hydrogen) atoms. The molecule has 2 fully saturated rings. The Morgan fingerprint density at radius 2 is 1.30 bits per heavy atom. The van der Waals surface area contributed by atoms with Gasteiger partial charge in [0.2, 0.25) is 0 Å². The van der Waals surface area contributed by atoms with Crippen molar-refractivity contribution in [2.75, 3.05) is 41.4 Å². The summed E-state index contributed by atoms with van der Waals surface area (Å²) in [6, 6.07) is 19.5. The second-order valence-electron chi connectivity index (χ2n) is 15.6. The van der Waals surface area contributed by atoms with Gasteiger partial charge in [-0.25, -0.2) is 0 Å². The topological polar surface area (TPSA) is 113 Å². The van der Waals surface area contributed by atoms with Crippen molar-refractivity contribution in [3.8, 4) is 17.2 Å². The van der Waals surface area contributed by atoms with Gasteiger partial charge in [-0.3, -0.25) is 14.6 Å². The number of phenolic OH excluding ortho intramolecular Hbond substituents is 1. The number of hydrogen-bond acceptors (Lipinski definition) is 10. The summed E-state index contributed by atoms with van der Waals surface area (Å²) in [5.74, 6) is 3.85. The van der Waals surface area contributed by atoms with Crippen LogP contribution in [-0.2, 0) is 48.2 Å². The van der Waals surface area contributed by atoms with Gasteiger partial charge in [0, 0.05) is 28.5 Å². The number of methoxy groups -OCH3 is 2. The number of aryl methyl sites for hydroxylation is 1. The van der Waals surface area contributed by atoms with Crippen molar-refractivity contribution in [3.63, 3.8) is 0 Å². The number of carbonyl (C=O) groups excluding carboxylic acids is 1. The van der Waals surface area contributed by atoms with E-state index in [1.807, 2.05) is 24.3 Å². The van der Waals surface area contributed by atoms with Crippen LogP contribution in [0.3, 0.4) is 0 Å². The van der Waals surface area contributed by atoms with E-state index in [0.29, 0.717) is 17.8 Å². The maximum atomic E-state index is 10.3. The number of aromatic hydroxyl groups is 1. The smallest absolute Gasteiger partial charge is 0.662 e. The third kappa shape index (κ3) is 6.67. The summed E-state index contributed by atoms with van der Waals surface area (Å²) >= 11 is 3.36. The van der Waals surface area contributed by atoms with E-state index in [2.05, 4.69) is 100 Å². The fourth-order valence-electron chi connectivity index (χ4n) is 10.6. The molecule has 3 aromatic carbocycles. The largest absolute Gasteiger partial charge is 1.00 e. The van der Waals surface area contributed by atoms with E-state index in [-0.39, 0.29) is 86.6 Å². The summed E-state index contributed by atoms with van der Waals surface area (Å²) in [6.45, 7) is 4.13. The van der Waals surface area contributed by atoms with Gasteiger partial charge in [0.05, 0.1) is 25.0 Å². The van der Waals surface area contributed by atoms with E-state index in [9.17, 15) is 5.11 Å². The van der Waals surface area contributed by atoms with Crippen molar-refractivity contribution in [2.24, 2.45) is 0 Å². The van der Waals surface area contributed by atoms with Gasteiger partial charge in [0.1, 0.15) is 17.3 Å². The summed E-state index contributed by atoms with van der Waals surface area (Å²) in [4.78, 5) is 16.2. The van der Waals surface area contributed by atoms with Crippen LogP contribution < -0.4 is 66.1 Å². The Labute approximate surface area is 385 Å². The molecule has 6 atom stereocenters. The SMILES string of the molecule is BrCc1ccccc1.COC1=CC=C2[C@H]3Cc4ccc(C)c5c4[C@@]2(CCN3C)[C@H]1O5.COC1=CC=C2[C@H]3Cc4ccc(O)c5c4[C@@]2(CCN3C)[C@H]1O5.O=CO[O-].[K+]. The van der Waals surface area contributed by atoms with Crippen LogP contribution in [0.25, 0.3) is 0 Å². The molecule has 11 rings (SSSR count). The number of carbonyl (C=O) groups is 1. The number of ether oxygens (including phenoxy) is 4. The molecule has 4 aliphatic heterocycles. The molecule has 4 bridgehead atoms. The maximum absolute atomic E-state index is 10.3. The predicted molar refractivity (Wildman–Crippen MR) is 214 cm³/mol. The minimum atomic E-state index is -0.181. The summed E-state index contributed by atoms with van der Waals surface area (Å²) in [5, 5.41) is 19.7. The van der Waals surface area contributed by atoms with Gasteiger partial charge in [0.15, 0.2) is 23.7 Å². The number of nitrogens with zero attached hydrogens (tertiary/aromatic N) is 2. The van der Waals surface area contributed by atoms with Crippen LogP contribution >= 0.6 is 15.9 Å². The number of likely N-dealkylation sites (tertiary alicyclic amines) is 2. The molecule has 2 spiro atoms. The molecule has 4 aliphatic carbocycles. The average Bonchev–Trinajstić information content (AvgIpc) is 3.78. The van der Waals surface area contributed by atoms with Crippen LogP contribution in [0.1, 0.15) is 46.2 Å². The Balaban J connectivity index is 0.000000134. The van der Waals surface area contributed by atoms with E-state index in [0.717, 1.165) is 61.4 Å². The van der Waals surface area contributed by atoms with E-state index in [1.54, 1.807) is 20.3 Å². The Morgan fingerprint density at radius 3 is 1.77 bits per heavy atom. The zero-order valence-electron chi connectivity index (χ0n) is 33.4. The summed E-state index contributed by atoms with van der Waals surface area (Å²) in [7, 11) is 7.91. The van der Waals surface area contributed by atoms with E-state index in [1.165, 1.54) is 44.5 Å². The Hall–Kier alpha value is -2.91. The van der Waals surface area contributed by atoms with E-state index >= 15 is 0 Å². The molecule has 1 N–H and O–H groups in total. The van der Waals surface area contributed by atoms with Crippen LogP contribution in [0, 0.1) is 6.92 Å². The molecule has 4 heterocycles. The first-order valence-electron chi connectivity index (χ1n) is 19.1. The van der Waals surface area contributed by atoms with Crippen LogP contribution in [0.4, 0.5) is 0 Å². The minimum Gasteiger partial charge on any atom is -0.662 e. The molecular weight excluding hydrogens is 816 g/mol. The van der Waals surface area contributed by atoms with Crippen molar-refractivity contribution in [1.82, 2.24) is 9.80 Å². The molecule has 0 unspecified atom stereocenters. The third-order valence-corrected chi connectivity index (χ3v) is 13.8. The summed E-state index contributed by atoms with van der Waals surface area (Å²) in [6.07, 6.45) is 12.8. The molecular formula is C45H48BrKN2O8. The number of likely N-dealkylation sites (N-methyl/N-ethyl adjacent to an activating group) is 2. The minimum absolute atomic E-state index is 0. The number of piperidine rings is 2. The normalized spacial score (nSPS) is 28.3. The van der Waals surface area contributed by atoms with Crippen LogP contribution in [0.2, 0.25) is 0 Å². The molecule has 0 saturated carbocycles. The summed E-state index contributed by atoms with van der Waals surface area (Å²) in [5.41, 5.74) is 10.8. The first-order valence-corrected chi connectivity index (χ1v) is 20.3. The van der Waals surface area contributed by atoms with Gasteiger partial charge in [0.25, 0.3) is 6.47 Å². The van der Waals surface area contributed by atoms with Gasteiger partial charge >= 0.3 is 51.4 Å². The molecule has 0 radical (unpaired) electrons. The number of phenols is 1. The van der Waals surface area contributed by atoms with Gasteiger partial charge in [-0.2, -0.15) is 0 Å². The standard InChI is InChI=1S/C19H21NO2.C18H19NO3.C7H7Br.CH2O3.K/c1-11-4-5-12-10-14-13-6-7-15(21-3)18-19(13,8-9-20(14)2)16(12)17(11)22-18;1-19-8-7-18-11-4-6-14(21-2)17(18)22-16-13(20)5-3-10(15(16)18)9-12(11)19;8-6-7-4-2-1-3-5-7;2-1-4-3;/h4-7,14,18H,8-10H2,1-3H3;3-6,12,17,20H,7-9H2,1-2H3;1-5H,6H2;1,3H;/q;;;;+1/p-1/t14-,18+,19+;12-,17+,18+;;;/m11.../s1. The number of halogens is 1. The zero-order valence-corrected chi connectivity index (χ0v) is 38.1. The maximum Gasteiger partial charge on any atom is 1.00 e. The van der Waals surface area contributed by atoms with Crippen molar-refractivity contribution in [1.29, 1.82) is 0 Å². The van der Waals surface area contributed by atoms with Crippen LogP contribution in [0.5, 0.6) is 17.2 Å². The van der Waals surface area contributed by atoms with E-state index in [4.69, 9.17) is 29.0 Å². The number of alkyl halides is 1. The molecule has 8 aliphatic rings. The fraction of sp³-hybridized carbons (Fsp3) is 0.400. The molecule has 294 valence electrons. The van der Waals surface area contributed by atoms with Gasteiger partial charge < -0.3 is 34.2 Å². The van der Waals surface area contributed by atoms with Gasteiger partial charge in [-0.05, 0) is 111 Å². The number of allylic oxidation sites excluding steroid dienone is 4. The molecule has 2 saturated heterocycles. The first kappa shape index (κ1) is 42.2. The van der Waals surface area contributed by atoms with Crippen molar-refractivity contribution >= 4 is 22.4 Å². The van der Waals surface area contributed by atoms with Crippen LogP contribution in [-0.4, -0.2) is 87.1 Å². The second-order valence-corrected chi connectivity index (χ2v) is 16.2. The first-order chi connectivity index (χ1) is 27.2. The van der Waals surface area contributed by atoms with Crippen molar-refractivity contribution in [2.45, 2.75) is 73.1 Å². The van der Waals surface area contributed by atoms with Crippen molar-refractivity contribution < 1.29 is 90.4 Å². The third-order valence-electron chi connectivity index (χ3n) is 13.2. The average molecular weight is 864 g/mol. The fourth-order valence-corrected chi connectivity index (χ4v) is 11.0.